The van der Waals surface area contributed by atoms with Crippen LogP contribution in [0.1, 0.15) is 25.5 Å². The van der Waals surface area contributed by atoms with Crippen LogP contribution < -0.4 is 16.0 Å². The summed E-state index contributed by atoms with van der Waals surface area (Å²) in [6.07, 6.45) is -0.564. The average Bonchev–Trinajstić information content (AvgIpc) is 2.59. The molecule has 0 saturated heterocycles. The Morgan fingerprint density at radius 2 is 1.62 bits per heavy atom. The number of carbonyl (C=O) groups excluding carboxylic acids is 2. The Labute approximate surface area is 149 Å². The van der Waals surface area contributed by atoms with E-state index in [0.717, 1.165) is 12.1 Å². The monoisotopic (exact) mass is 363 g/mol. The van der Waals surface area contributed by atoms with Crippen LogP contribution >= 0.6 is 0 Å². The van der Waals surface area contributed by atoms with E-state index in [1.807, 2.05) is 0 Å². The van der Waals surface area contributed by atoms with E-state index in [1.165, 1.54) is 6.07 Å². The third-order valence-corrected chi connectivity index (χ3v) is 3.46. The van der Waals surface area contributed by atoms with Crippen molar-refractivity contribution in [3.63, 3.8) is 0 Å². The van der Waals surface area contributed by atoms with E-state index >= 15 is 0 Å². The first-order valence-electron chi connectivity index (χ1n) is 7.95. The van der Waals surface area contributed by atoms with Crippen LogP contribution in [-0.2, 0) is 4.74 Å². The number of hydrogen-bond donors (Lipinski definition) is 3. The Balaban J connectivity index is 1.90. The smallest absolute Gasteiger partial charge is 0.411 e. The quantitative estimate of drug-likeness (QED) is 0.736. The topological polar surface area (TPSA) is 79.5 Å². The fraction of sp³-hybridized carbons (Fsp3) is 0.222. The van der Waals surface area contributed by atoms with Crippen molar-refractivity contribution in [2.75, 3.05) is 17.2 Å². The molecule has 0 saturated carbocycles. The van der Waals surface area contributed by atoms with Gasteiger partial charge in [-0.3, -0.25) is 5.32 Å². The van der Waals surface area contributed by atoms with Crippen molar-refractivity contribution in [1.29, 1.82) is 0 Å². The minimum atomic E-state index is -0.971. The molecule has 0 aromatic heterocycles. The molecule has 2 aromatic carbocycles. The van der Waals surface area contributed by atoms with Gasteiger partial charge in [0, 0.05) is 11.4 Å². The van der Waals surface area contributed by atoms with Crippen molar-refractivity contribution >= 4 is 23.5 Å². The minimum absolute atomic E-state index is 0.266. The van der Waals surface area contributed by atoms with E-state index in [1.54, 1.807) is 38.1 Å². The van der Waals surface area contributed by atoms with E-state index in [4.69, 9.17) is 4.74 Å². The maximum Gasteiger partial charge on any atom is 0.411 e. The van der Waals surface area contributed by atoms with Crippen LogP contribution in [0.15, 0.2) is 42.5 Å². The third-order valence-electron chi connectivity index (χ3n) is 3.46. The highest BCUT2D eigenvalue weighted by molar-refractivity contribution is 5.90. The van der Waals surface area contributed by atoms with Crippen LogP contribution in [0.2, 0.25) is 0 Å². The van der Waals surface area contributed by atoms with Gasteiger partial charge in [-0.05, 0) is 55.8 Å². The van der Waals surface area contributed by atoms with Gasteiger partial charge in [-0.25, -0.2) is 18.4 Å². The molecule has 0 aliphatic rings. The first-order chi connectivity index (χ1) is 12.4. The standard InChI is InChI=1S/C18H19F2N3O3/c1-3-26-18(25)23-14-7-5-13(6-8-14)22-17(24)21-11(2)12-4-9-15(19)16(20)10-12/h4-11H,3H2,1-2H3,(H,23,25)(H2,21,22,24)/t11-/m1/s1. The normalized spacial score (nSPS) is 11.4. The predicted molar refractivity (Wildman–Crippen MR) is 94.0 cm³/mol. The molecule has 2 rings (SSSR count). The van der Waals surface area contributed by atoms with Gasteiger partial charge >= 0.3 is 12.1 Å². The molecule has 0 aliphatic carbocycles. The second-order valence-corrected chi connectivity index (χ2v) is 5.42. The summed E-state index contributed by atoms with van der Waals surface area (Å²) in [7, 11) is 0. The molecule has 2 aromatic rings. The molecular weight excluding hydrogens is 344 g/mol. The summed E-state index contributed by atoms with van der Waals surface area (Å²) in [5, 5.41) is 7.77. The summed E-state index contributed by atoms with van der Waals surface area (Å²) >= 11 is 0. The number of urea groups is 1. The lowest BCUT2D eigenvalue weighted by molar-refractivity contribution is 0.168. The summed E-state index contributed by atoms with van der Waals surface area (Å²) in [6, 6.07) is 8.83. The lowest BCUT2D eigenvalue weighted by Crippen LogP contribution is -2.31. The van der Waals surface area contributed by atoms with E-state index in [0.29, 0.717) is 16.9 Å². The Hall–Kier alpha value is -3.16. The molecule has 138 valence electrons. The highest BCUT2D eigenvalue weighted by Crippen LogP contribution is 2.17. The van der Waals surface area contributed by atoms with Crippen LogP contribution in [0.25, 0.3) is 0 Å². The van der Waals surface area contributed by atoms with E-state index < -0.39 is 29.8 Å². The van der Waals surface area contributed by atoms with Crippen molar-refractivity contribution < 1.29 is 23.1 Å². The van der Waals surface area contributed by atoms with Crippen LogP contribution in [0, 0.1) is 11.6 Å². The highest BCUT2D eigenvalue weighted by Gasteiger charge is 2.12. The van der Waals surface area contributed by atoms with E-state index in [-0.39, 0.29) is 6.61 Å². The number of amides is 3. The molecule has 3 amide bonds. The maximum atomic E-state index is 13.3. The number of halogens is 2. The molecule has 26 heavy (non-hydrogen) atoms. The fourth-order valence-electron chi connectivity index (χ4n) is 2.15. The molecule has 0 unspecified atom stereocenters. The minimum Gasteiger partial charge on any atom is -0.450 e. The molecule has 0 radical (unpaired) electrons. The first-order valence-corrected chi connectivity index (χ1v) is 7.95. The molecule has 0 bridgehead atoms. The van der Waals surface area contributed by atoms with Crippen LogP contribution in [0.5, 0.6) is 0 Å². The van der Waals surface area contributed by atoms with Crippen molar-refractivity contribution in [1.82, 2.24) is 5.32 Å². The van der Waals surface area contributed by atoms with Gasteiger partial charge in [0.05, 0.1) is 12.6 Å². The second-order valence-electron chi connectivity index (χ2n) is 5.42. The largest absolute Gasteiger partial charge is 0.450 e. The summed E-state index contributed by atoms with van der Waals surface area (Å²) in [5.74, 6) is -1.91. The summed E-state index contributed by atoms with van der Waals surface area (Å²) in [5.41, 5.74) is 1.45. The number of anilines is 2. The number of hydrogen-bond acceptors (Lipinski definition) is 3. The van der Waals surface area contributed by atoms with Gasteiger partial charge in [0.25, 0.3) is 0 Å². The summed E-state index contributed by atoms with van der Waals surface area (Å²) in [6.45, 7) is 3.62. The molecule has 0 spiro atoms. The van der Waals surface area contributed by atoms with Crippen molar-refractivity contribution in [3.8, 4) is 0 Å². The van der Waals surface area contributed by atoms with E-state index in [2.05, 4.69) is 16.0 Å². The van der Waals surface area contributed by atoms with Crippen molar-refractivity contribution in [2.24, 2.45) is 0 Å². The zero-order valence-corrected chi connectivity index (χ0v) is 14.3. The van der Waals surface area contributed by atoms with Gasteiger partial charge in [-0.2, -0.15) is 0 Å². The Morgan fingerprint density at radius 3 is 2.19 bits per heavy atom. The predicted octanol–water partition coefficient (Wildman–Crippen LogP) is 4.42. The lowest BCUT2D eigenvalue weighted by Gasteiger charge is -2.15. The Kier molecular flexibility index (Phi) is 6.48. The van der Waals surface area contributed by atoms with Gasteiger partial charge in [-0.1, -0.05) is 6.07 Å². The van der Waals surface area contributed by atoms with Gasteiger partial charge in [0.1, 0.15) is 0 Å². The molecule has 6 nitrogen and oxygen atoms in total. The van der Waals surface area contributed by atoms with Gasteiger partial charge in [-0.15, -0.1) is 0 Å². The number of carbonyl (C=O) groups is 2. The molecular formula is C18H19F2N3O3. The molecule has 0 aliphatic heterocycles. The van der Waals surface area contributed by atoms with Gasteiger partial charge in [0.15, 0.2) is 11.6 Å². The fourth-order valence-corrected chi connectivity index (χ4v) is 2.15. The number of benzene rings is 2. The zero-order valence-electron chi connectivity index (χ0n) is 14.3. The summed E-state index contributed by atoms with van der Waals surface area (Å²) < 4.78 is 31.0. The van der Waals surface area contributed by atoms with E-state index in [9.17, 15) is 18.4 Å². The number of rotatable bonds is 5. The van der Waals surface area contributed by atoms with Gasteiger partial charge in [0.2, 0.25) is 0 Å². The maximum absolute atomic E-state index is 13.3. The zero-order chi connectivity index (χ0) is 19.1. The second kappa shape index (κ2) is 8.80. The van der Waals surface area contributed by atoms with Crippen LogP contribution in [-0.4, -0.2) is 18.7 Å². The van der Waals surface area contributed by atoms with Gasteiger partial charge < -0.3 is 15.4 Å². The van der Waals surface area contributed by atoms with Crippen molar-refractivity contribution in [2.45, 2.75) is 19.9 Å². The highest BCUT2D eigenvalue weighted by atomic mass is 19.2. The molecule has 1 atom stereocenters. The molecule has 0 heterocycles. The first kappa shape index (κ1) is 19.2. The average molecular weight is 363 g/mol. The molecule has 3 N–H and O–H groups in total. The van der Waals surface area contributed by atoms with Crippen LogP contribution in [0.3, 0.4) is 0 Å². The SMILES string of the molecule is CCOC(=O)Nc1ccc(NC(=O)N[C@H](C)c2ccc(F)c(F)c2)cc1. The number of nitrogens with one attached hydrogen (secondary N) is 3. The third kappa shape index (κ3) is 5.44. The molecule has 0 fully saturated rings. The summed E-state index contributed by atoms with van der Waals surface area (Å²) in [4.78, 5) is 23.3. The number of ether oxygens (including phenoxy) is 1. The van der Waals surface area contributed by atoms with Crippen molar-refractivity contribution in [3.05, 3.63) is 59.7 Å². The lowest BCUT2D eigenvalue weighted by atomic mass is 10.1. The molecule has 8 heteroatoms. The Bertz CT molecular complexity index is 782. The Morgan fingerprint density at radius 1 is 1.00 bits per heavy atom. The van der Waals surface area contributed by atoms with Crippen LogP contribution in [0.4, 0.5) is 29.7 Å².